The number of carbonyl (C=O) groups excluding carboxylic acids is 2. The summed E-state index contributed by atoms with van der Waals surface area (Å²) in [7, 11) is 1.61. The molecule has 1 aliphatic heterocycles. The zero-order valence-corrected chi connectivity index (χ0v) is 13.6. The summed E-state index contributed by atoms with van der Waals surface area (Å²) in [5.41, 5.74) is 2.36. The third kappa shape index (κ3) is 3.54. The number of anilines is 1. The van der Waals surface area contributed by atoms with Gasteiger partial charge in [-0.25, -0.2) is 0 Å². The first-order chi connectivity index (χ1) is 11.7. The first-order valence-corrected chi connectivity index (χ1v) is 7.94. The van der Waals surface area contributed by atoms with E-state index in [4.69, 9.17) is 4.74 Å². The van der Waals surface area contributed by atoms with Gasteiger partial charge in [-0.2, -0.15) is 0 Å². The number of ketones is 1. The Balaban J connectivity index is 1.70. The van der Waals surface area contributed by atoms with Crippen molar-refractivity contribution in [3.63, 3.8) is 0 Å². The molecule has 24 heavy (non-hydrogen) atoms. The van der Waals surface area contributed by atoms with Gasteiger partial charge in [0.1, 0.15) is 5.75 Å². The first-order valence-electron chi connectivity index (χ1n) is 7.94. The minimum atomic E-state index is -0.0721. The Bertz CT molecular complexity index is 778. The Hall–Kier alpha value is -2.88. The van der Waals surface area contributed by atoms with Crippen molar-refractivity contribution in [3.8, 4) is 5.75 Å². The molecule has 1 heterocycles. The van der Waals surface area contributed by atoms with Crippen molar-refractivity contribution in [2.45, 2.75) is 12.8 Å². The summed E-state index contributed by atoms with van der Waals surface area (Å²) in [6.07, 6.45) is 4.81. The van der Waals surface area contributed by atoms with E-state index in [1.807, 2.05) is 36.4 Å². The fourth-order valence-electron chi connectivity index (χ4n) is 2.74. The highest BCUT2D eigenvalue weighted by atomic mass is 16.5. The highest BCUT2D eigenvalue weighted by Gasteiger charge is 2.21. The number of benzene rings is 2. The third-order valence-corrected chi connectivity index (χ3v) is 4.06. The van der Waals surface area contributed by atoms with E-state index in [-0.39, 0.29) is 11.7 Å². The zero-order chi connectivity index (χ0) is 16.9. The first kappa shape index (κ1) is 16.0. The van der Waals surface area contributed by atoms with Crippen LogP contribution in [-0.2, 0) is 4.79 Å². The van der Waals surface area contributed by atoms with Gasteiger partial charge in [-0.3, -0.25) is 9.59 Å². The molecule has 0 N–H and O–H groups in total. The van der Waals surface area contributed by atoms with Crippen molar-refractivity contribution in [1.82, 2.24) is 0 Å². The smallest absolute Gasteiger partial charge is 0.227 e. The molecule has 0 radical (unpaired) electrons. The van der Waals surface area contributed by atoms with Crippen LogP contribution in [0.2, 0.25) is 0 Å². The van der Waals surface area contributed by atoms with Crippen LogP contribution in [0.4, 0.5) is 5.69 Å². The maximum absolute atomic E-state index is 12.3. The van der Waals surface area contributed by atoms with E-state index in [0.717, 1.165) is 30.0 Å². The molecule has 3 rings (SSSR count). The van der Waals surface area contributed by atoms with Crippen molar-refractivity contribution in [1.29, 1.82) is 0 Å². The molecule has 1 amide bonds. The number of allylic oxidation sites excluding steroid dienone is 1. The molecule has 2 aromatic rings. The monoisotopic (exact) mass is 321 g/mol. The van der Waals surface area contributed by atoms with Crippen molar-refractivity contribution in [2.24, 2.45) is 0 Å². The fraction of sp³-hybridized carbons (Fsp3) is 0.200. The molecule has 4 nitrogen and oxygen atoms in total. The topological polar surface area (TPSA) is 46.6 Å². The Kier molecular flexibility index (Phi) is 4.75. The summed E-state index contributed by atoms with van der Waals surface area (Å²) in [6, 6.07) is 14.7. The number of methoxy groups -OCH3 is 1. The van der Waals surface area contributed by atoms with Gasteiger partial charge in [0.2, 0.25) is 5.91 Å². The van der Waals surface area contributed by atoms with Crippen LogP contribution in [-0.4, -0.2) is 25.3 Å². The standard InChI is InChI=1S/C20H19NO3/c1-24-18-5-2-4-15(14-18)7-12-19(22)16-8-10-17(11-9-16)21-13-3-6-20(21)23/h2,4-5,7-12,14H,3,6,13H2,1H3/b12-7+. The van der Waals surface area contributed by atoms with Crippen molar-refractivity contribution < 1.29 is 14.3 Å². The van der Waals surface area contributed by atoms with E-state index in [9.17, 15) is 9.59 Å². The van der Waals surface area contributed by atoms with Crippen molar-refractivity contribution >= 4 is 23.5 Å². The molecule has 0 unspecified atom stereocenters. The van der Waals surface area contributed by atoms with E-state index < -0.39 is 0 Å². The molecule has 122 valence electrons. The molecule has 1 saturated heterocycles. The third-order valence-electron chi connectivity index (χ3n) is 4.06. The van der Waals surface area contributed by atoms with E-state index in [0.29, 0.717) is 12.0 Å². The fourth-order valence-corrected chi connectivity index (χ4v) is 2.74. The van der Waals surface area contributed by atoms with Crippen LogP contribution < -0.4 is 9.64 Å². The lowest BCUT2D eigenvalue weighted by Gasteiger charge is -2.15. The lowest BCUT2D eigenvalue weighted by molar-refractivity contribution is -0.117. The van der Waals surface area contributed by atoms with E-state index in [2.05, 4.69) is 0 Å². The lowest BCUT2D eigenvalue weighted by Crippen LogP contribution is -2.23. The van der Waals surface area contributed by atoms with Crippen LogP contribution in [0.3, 0.4) is 0 Å². The van der Waals surface area contributed by atoms with Gasteiger partial charge in [0.15, 0.2) is 5.78 Å². The maximum atomic E-state index is 12.3. The van der Waals surface area contributed by atoms with Crippen LogP contribution >= 0.6 is 0 Å². The minimum Gasteiger partial charge on any atom is -0.497 e. The molecule has 2 aromatic carbocycles. The molecule has 0 bridgehead atoms. The van der Waals surface area contributed by atoms with Crippen LogP contribution in [0, 0.1) is 0 Å². The highest BCUT2D eigenvalue weighted by Crippen LogP contribution is 2.22. The quantitative estimate of drug-likeness (QED) is 0.623. The molecule has 0 saturated carbocycles. The second kappa shape index (κ2) is 7.13. The van der Waals surface area contributed by atoms with Gasteiger partial charge in [0.05, 0.1) is 7.11 Å². The molecule has 1 aliphatic rings. The lowest BCUT2D eigenvalue weighted by atomic mass is 10.1. The summed E-state index contributed by atoms with van der Waals surface area (Å²) in [5, 5.41) is 0. The molecule has 0 spiro atoms. The van der Waals surface area contributed by atoms with Gasteiger partial charge in [0.25, 0.3) is 0 Å². The normalized spacial score (nSPS) is 14.4. The van der Waals surface area contributed by atoms with Crippen molar-refractivity contribution in [3.05, 3.63) is 65.7 Å². The van der Waals surface area contributed by atoms with Crippen LogP contribution in [0.5, 0.6) is 5.75 Å². The summed E-state index contributed by atoms with van der Waals surface area (Å²) < 4.78 is 5.17. The number of nitrogens with zero attached hydrogens (tertiary/aromatic N) is 1. The summed E-state index contributed by atoms with van der Waals surface area (Å²) in [4.78, 5) is 25.8. The number of carbonyl (C=O) groups is 2. The average Bonchev–Trinajstić information content (AvgIpc) is 3.06. The van der Waals surface area contributed by atoms with Gasteiger partial charge >= 0.3 is 0 Å². The number of hydrogen-bond donors (Lipinski definition) is 0. The molecule has 0 aliphatic carbocycles. The minimum absolute atomic E-state index is 0.0721. The largest absolute Gasteiger partial charge is 0.497 e. The molecular formula is C20H19NO3. The van der Waals surface area contributed by atoms with Gasteiger partial charge in [-0.15, -0.1) is 0 Å². The number of ether oxygens (including phenoxy) is 1. The second-order valence-corrected chi connectivity index (χ2v) is 5.67. The van der Waals surface area contributed by atoms with Gasteiger partial charge in [0, 0.05) is 24.2 Å². The molecule has 0 aromatic heterocycles. The molecule has 4 heteroatoms. The predicted molar refractivity (Wildman–Crippen MR) is 94.4 cm³/mol. The number of amides is 1. The van der Waals surface area contributed by atoms with Gasteiger partial charge < -0.3 is 9.64 Å². The Morgan fingerprint density at radius 2 is 1.96 bits per heavy atom. The predicted octanol–water partition coefficient (Wildman–Crippen LogP) is 3.72. The molecule has 1 fully saturated rings. The highest BCUT2D eigenvalue weighted by molar-refractivity contribution is 6.07. The maximum Gasteiger partial charge on any atom is 0.227 e. The second-order valence-electron chi connectivity index (χ2n) is 5.67. The summed E-state index contributed by atoms with van der Waals surface area (Å²) >= 11 is 0. The Morgan fingerprint density at radius 1 is 1.17 bits per heavy atom. The zero-order valence-electron chi connectivity index (χ0n) is 13.6. The van der Waals surface area contributed by atoms with Crippen LogP contribution in [0.15, 0.2) is 54.6 Å². The molecule has 0 atom stereocenters. The summed E-state index contributed by atoms with van der Waals surface area (Å²) in [6.45, 7) is 0.752. The van der Waals surface area contributed by atoms with Gasteiger partial charge in [-0.1, -0.05) is 18.2 Å². The van der Waals surface area contributed by atoms with E-state index in [1.54, 1.807) is 36.3 Å². The SMILES string of the molecule is COc1cccc(/C=C/C(=O)c2ccc(N3CCCC3=O)cc2)c1. The van der Waals surface area contributed by atoms with Crippen LogP contribution in [0.1, 0.15) is 28.8 Å². The van der Waals surface area contributed by atoms with Crippen molar-refractivity contribution in [2.75, 3.05) is 18.6 Å². The number of hydrogen-bond acceptors (Lipinski definition) is 3. The average molecular weight is 321 g/mol. The Morgan fingerprint density at radius 3 is 2.62 bits per heavy atom. The van der Waals surface area contributed by atoms with Gasteiger partial charge in [-0.05, 0) is 54.5 Å². The van der Waals surface area contributed by atoms with Crippen LogP contribution in [0.25, 0.3) is 6.08 Å². The summed E-state index contributed by atoms with van der Waals surface area (Å²) in [5.74, 6) is 0.827. The number of rotatable bonds is 5. The van der Waals surface area contributed by atoms with E-state index >= 15 is 0 Å². The van der Waals surface area contributed by atoms with E-state index in [1.165, 1.54) is 0 Å². The molecular weight excluding hydrogens is 302 g/mol. The Labute approximate surface area is 141 Å².